The second-order valence-electron chi connectivity index (χ2n) is 7.43. The second-order valence-corrected chi connectivity index (χ2v) is 8.21. The van der Waals surface area contributed by atoms with Crippen LogP contribution >= 0.6 is 23.2 Å². The number of nitrogens with zero attached hydrogens (tertiary/aromatic N) is 3. The lowest BCUT2D eigenvalue weighted by Crippen LogP contribution is -2.47. The van der Waals surface area contributed by atoms with Crippen molar-refractivity contribution in [3.8, 4) is 11.8 Å². The zero-order valence-electron chi connectivity index (χ0n) is 17.7. The van der Waals surface area contributed by atoms with E-state index in [2.05, 4.69) is 16.4 Å². The summed E-state index contributed by atoms with van der Waals surface area (Å²) in [6.07, 6.45) is 3.80. The van der Waals surface area contributed by atoms with E-state index in [1.165, 1.54) is 19.6 Å². The van der Waals surface area contributed by atoms with Crippen molar-refractivity contribution in [3.05, 3.63) is 57.9 Å². The van der Waals surface area contributed by atoms with Gasteiger partial charge in [-0.05, 0) is 37.5 Å². The van der Waals surface area contributed by atoms with Gasteiger partial charge in [-0.3, -0.25) is 10.2 Å². The number of amides is 1. The van der Waals surface area contributed by atoms with E-state index in [0.29, 0.717) is 42.4 Å². The van der Waals surface area contributed by atoms with Gasteiger partial charge in [0.1, 0.15) is 17.7 Å². The summed E-state index contributed by atoms with van der Waals surface area (Å²) in [5.41, 5.74) is 0.540. The third-order valence-electron chi connectivity index (χ3n) is 5.59. The predicted molar refractivity (Wildman–Crippen MR) is 121 cm³/mol. The molecule has 1 saturated heterocycles. The zero-order chi connectivity index (χ0) is 23.3. The highest BCUT2D eigenvalue weighted by Gasteiger charge is 2.38. The molecule has 2 aromatic rings. The van der Waals surface area contributed by atoms with Gasteiger partial charge in [-0.1, -0.05) is 29.3 Å². The van der Waals surface area contributed by atoms with Crippen LogP contribution < -0.4 is 10.1 Å². The Hall–Kier alpha value is -3.02. The van der Waals surface area contributed by atoms with Gasteiger partial charge in [-0.25, -0.2) is 4.98 Å². The van der Waals surface area contributed by atoms with Crippen LogP contribution in [-0.4, -0.2) is 48.2 Å². The lowest BCUT2D eigenvalue weighted by atomic mass is 9.74. The topological polar surface area (TPSA) is 115 Å². The number of methoxy groups -OCH3 is 1. The van der Waals surface area contributed by atoms with Gasteiger partial charge in [0, 0.05) is 18.8 Å². The van der Waals surface area contributed by atoms with Crippen LogP contribution in [0.3, 0.4) is 0 Å². The van der Waals surface area contributed by atoms with Gasteiger partial charge in [0.15, 0.2) is 0 Å². The van der Waals surface area contributed by atoms with Crippen LogP contribution in [0.5, 0.6) is 5.75 Å². The highest BCUT2D eigenvalue weighted by Crippen LogP contribution is 2.38. The number of carbonyl (C=O) groups excluding carboxylic acids is 1. The molecule has 1 amide bonds. The SMILES string of the molecule is COc1cc(C2(C#N)CCN(C(=O)CN/C(C)=C(/Cl)C(=N)c3ncco3)CC2)ccc1Cl. The monoisotopic (exact) mass is 475 g/mol. The van der Waals surface area contributed by atoms with Crippen molar-refractivity contribution in [2.45, 2.75) is 25.2 Å². The van der Waals surface area contributed by atoms with E-state index >= 15 is 0 Å². The number of hydrogen-bond donors (Lipinski definition) is 2. The molecule has 168 valence electrons. The molecule has 2 N–H and O–H groups in total. The van der Waals surface area contributed by atoms with Gasteiger partial charge in [0.25, 0.3) is 0 Å². The summed E-state index contributed by atoms with van der Waals surface area (Å²) in [6.45, 7) is 2.59. The number of nitrogens with one attached hydrogen (secondary N) is 2. The molecular weight excluding hydrogens is 453 g/mol. The number of oxazole rings is 1. The fourth-order valence-corrected chi connectivity index (χ4v) is 3.93. The van der Waals surface area contributed by atoms with E-state index in [1.54, 1.807) is 24.0 Å². The molecule has 0 spiro atoms. The fourth-order valence-electron chi connectivity index (χ4n) is 3.59. The Labute approximate surface area is 196 Å². The molecular formula is C22H23Cl2N5O3. The van der Waals surface area contributed by atoms with Crippen molar-refractivity contribution in [3.63, 3.8) is 0 Å². The smallest absolute Gasteiger partial charge is 0.245 e. The molecule has 1 fully saturated rings. The first-order valence-corrected chi connectivity index (χ1v) is 10.7. The maximum atomic E-state index is 12.7. The number of piperidine rings is 1. The molecule has 0 radical (unpaired) electrons. The van der Waals surface area contributed by atoms with Crippen LogP contribution in [0, 0.1) is 16.7 Å². The lowest BCUT2D eigenvalue weighted by molar-refractivity contribution is -0.131. The maximum absolute atomic E-state index is 12.7. The van der Waals surface area contributed by atoms with E-state index in [4.69, 9.17) is 37.8 Å². The van der Waals surface area contributed by atoms with Crippen LogP contribution in [0.2, 0.25) is 5.02 Å². The van der Waals surface area contributed by atoms with Gasteiger partial charge in [0.05, 0.1) is 41.4 Å². The number of halogens is 2. The van der Waals surface area contributed by atoms with Gasteiger partial charge in [0.2, 0.25) is 11.8 Å². The summed E-state index contributed by atoms with van der Waals surface area (Å²) in [5.74, 6) is 0.512. The standard InChI is InChI=1S/C22H23Cl2N5O3/c1-14(19(24)20(26)21-27-7-10-32-21)28-12-18(30)29-8-5-22(13-25,6-9-29)15-3-4-16(23)17(11-15)31-2/h3-4,7,10-11,26,28H,5-6,8-9,12H2,1-2H3/b19-14+,26-20?. The summed E-state index contributed by atoms with van der Waals surface area (Å²) in [4.78, 5) is 18.3. The highest BCUT2D eigenvalue weighted by atomic mass is 35.5. The Balaban J connectivity index is 1.61. The highest BCUT2D eigenvalue weighted by molar-refractivity contribution is 6.45. The molecule has 32 heavy (non-hydrogen) atoms. The zero-order valence-corrected chi connectivity index (χ0v) is 19.3. The van der Waals surface area contributed by atoms with Crippen LogP contribution in [0.1, 0.15) is 31.2 Å². The quantitative estimate of drug-likeness (QED) is 0.587. The van der Waals surface area contributed by atoms with Gasteiger partial charge in [-0.15, -0.1) is 0 Å². The van der Waals surface area contributed by atoms with E-state index in [0.717, 1.165) is 5.56 Å². The first-order chi connectivity index (χ1) is 15.3. The number of hydrogen-bond acceptors (Lipinski definition) is 7. The number of nitriles is 1. The van der Waals surface area contributed by atoms with Crippen molar-refractivity contribution < 1.29 is 13.9 Å². The Morgan fingerprint density at radius 1 is 1.44 bits per heavy atom. The van der Waals surface area contributed by atoms with Crippen molar-refractivity contribution in [1.82, 2.24) is 15.2 Å². The molecule has 0 bridgehead atoms. The summed E-state index contributed by atoms with van der Waals surface area (Å²) < 4.78 is 10.4. The Morgan fingerprint density at radius 2 is 2.16 bits per heavy atom. The van der Waals surface area contributed by atoms with Gasteiger partial charge >= 0.3 is 0 Å². The Kier molecular flexibility index (Phi) is 7.44. The van der Waals surface area contributed by atoms with E-state index in [1.807, 2.05) is 6.07 Å². The lowest BCUT2D eigenvalue weighted by Gasteiger charge is -2.38. The molecule has 10 heteroatoms. The number of allylic oxidation sites excluding steroid dienone is 2. The fraction of sp³-hybridized carbons (Fsp3) is 0.364. The van der Waals surface area contributed by atoms with Gasteiger partial charge in [-0.2, -0.15) is 5.26 Å². The summed E-state index contributed by atoms with van der Waals surface area (Å²) in [6, 6.07) is 7.80. The molecule has 2 heterocycles. The maximum Gasteiger partial charge on any atom is 0.245 e. The minimum Gasteiger partial charge on any atom is -0.495 e. The number of carbonyl (C=O) groups is 1. The molecule has 3 rings (SSSR count). The summed E-state index contributed by atoms with van der Waals surface area (Å²) >= 11 is 12.3. The normalized spacial score (nSPS) is 16.0. The molecule has 1 aliphatic heterocycles. The van der Waals surface area contributed by atoms with Crippen molar-refractivity contribution in [2.24, 2.45) is 0 Å². The Morgan fingerprint density at radius 3 is 2.75 bits per heavy atom. The van der Waals surface area contributed by atoms with Crippen molar-refractivity contribution >= 4 is 34.8 Å². The van der Waals surface area contributed by atoms with Crippen LogP contribution in [0.25, 0.3) is 0 Å². The first-order valence-electron chi connectivity index (χ1n) is 9.93. The molecule has 1 aromatic carbocycles. The first kappa shape index (κ1) is 23.6. The number of ether oxygens (including phenoxy) is 1. The molecule has 0 saturated carbocycles. The number of rotatable bonds is 7. The van der Waals surface area contributed by atoms with E-state index in [9.17, 15) is 10.1 Å². The predicted octanol–water partition coefficient (Wildman–Crippen LogP) is 3.85. The molecule has 1 aliphatic rings. The number of likely N-dealkylation sites (tertiary alicyclic amines) is 1. The number of benzene rings is 1. The average Bonchev–Trinajstić information content (AvgIpc) is 3.36. The van der Waals surface area contributed by atoms with Crippen molar-refractivity contribution in [2.75, 3.05) is 26.7 Å². The minimum atomic E-state index is -0.702. The molecule has 8 nitrogen and oxygen atoms in total. The minimum absolute atomic E-state index is 0.0231. The molecule has 0 aliphatic carbocycles. The van der Waals surface area contributed by atoms with E-state index in [-0.39, 0.29) is 29.1 Å². The van der Waals surface area contributed by atoms with Crippen molar-refractivity contribution in [1.29, 1.82) is 10.7 Å². The van der Waals surface area contributed by atoms with Crippen LogP contribution in [-0.2, 0) is 10.2 Å². The second kappa shape index (κ2) is 10.1. The summed E-state index contributed by atoms with van der Waals surface area (Å²) in [5, 5.41) is 21.5. The molecule has 0 unspecified atom stereocenters. The van der Waals surface area contributed by atoms with Gasteiger partial charge < -0.3 is 19.4 Å². The largest absolute Gasteiger partial charge is 0.495 e. The van der Waals surface area contributed by atoms with Crippen LogP contribution in [0.4, 0.5) is 0 Å². The van der Waals surface area contributed by atoms with Crippen LogP contribution in [0.15, 0.2) is 45.8 Å². The number of aromatic nitrogens is 1. The average molecular weight is 476 g/mol. The third kappa shape index (κ3) is 4.90. The Bertz CT molecular complexity index is 1070. The van der Waals surface area contributed by atoms with E-state index < -0.39 is 5.41 Å². The third-order valence-corrected chi connectivity index (χ3v) is 6.37. The molecule has 0 atom stereocenters. The molecule has 1 aromatic heterocycles. The summed E-state index contributed by atoms with van der Waals surface area (Å²) in [7, 11) is 1.54.